The summed E-state index contributed by atoms with van der Waals surface area (Å²) in [6.45, 7) is 15.8. The average Bonchev–Trinajstić information content (AvgIpc) is 3.78. The lowest BCUT2D eigenvalue weighted by Crippen LogP contribution is -2.49. The number of carboxylic acids is 1. The number of likely N-dealkylation sites (tertiary alicyclic amines) is 1. The summed E-state index contributed by atoms with van der Waals surface area (Å²) in [4.78, 5) is 27.4. The van der Waals surface area contributed by atoms with Crippen LogP contribution < -0.4 is 9.47 Å². The van der Waals surface area contributed by atoms with Gasteiger partial charge in [-0.1, -0.05) is 0 Å². The smallest absolute Gasteiger partial charge is 0.310 e. The Hall–Kier alpha value is -4.27. The quantitative estimate of drug-likeness (QED) is 0.194. The second-order valence-electron chi connectivity index (χ2n) is 15.5. The third-order valence-electron chi connectivity index (χ3n) is 11.3. The zero-order valence-corrected chi connectivity index (χ0v) is 31.2. The molecule has 4 aromatic heterocycles. The van der Waals surface area contributed by atoms with E-state index in [0.29, 0.717) is 68.0 Å². The fourth-order valence-electron chi connectivity index (χ4n) is 8.09. The second-order valence-corrected chi connectivity index (χ2v) is 15.5. The van der Waals surface area contributed by atoms with E-state index in [9.17, 15) is 18.7 Å². The van der Waals surface area contributed by atoms with E-state index in [2.05, 4.69) is 26.1 Å². The molecule has 0 bridgehead atoms. The summed E-state index contributed by atoms with van der Waals surface area (Å²) in [5, 5.41) is 18.2. The van der Waals surface area contributed by atoms with Crippen molar-refractivity contribution >= 4 is 11.6 Å². The molecule has 0 aliphatic carbocycles. The van der Waals surface area contributed by atoms with Crippen LogP contribution in [-0.2, 0) is 22.6 Å². The molecule has 0 radical (unpaired) electrons. The van der Waals surface area contributed by atoms with Crippen LogP contribution in [0.2, 0.25) is 0 Å². The Morgan fingerprint density at radius 1 is 1.08 bits per heavy atom. The van der Waals surface area contributed by atoms with Gasteiger partial charge >= 0.3 is 5.97 Å². The average molecular weight is 734 g/mol. The first-order chi connectivity index (χ1) is 25.3. The summed E-state index contributed by atoms with van der Waals surface area (Å²) in [5.74, 6) is -0.991. The van der Waals surface area contributed by atoms with Crippen LogP contribution in [0.4, 0.5) is 8.78 Å². The monoisotopic (exact) mass is 733 g/mol. The normalized spacial score (nSPS) is 18.6. The van der Waals surface area contributed by atoms with Crippen molar-refractivity contribution in [3.63, 3.8) is 0 Å². The van der Waals surface area contributed by atoms with Crippen molar-refractivity contribution in [1.82, 2.24) is 34.4 Å². The van der Waals surface area contributed by atoms with E-state index in [0.717, 1.165) is 54.7 Å². The third kappa shape index (κ3) is 7.45. The zero-order chi connectivity index (χ0) is 37.5. The lowest BCUT2D eigenvalue weighted by Gasteiger charge is -2.38. The highest BCUT2D eigenvalue weighted by Gasteiger charge is 2.43. The molecule has 0 aromatic carbocycles. The first-order valence-corrected chi connectivity index (χ1v) is 18.5. The predicted octanol–water partition coefficient (Wildman–Crippen LogP) is 6.04. The first kappa shape index (κ1) is 37.1. The number of ether oxygens (including phenoxy) is 3. The molecule has 3 aliphatic heterocycles. The summed E-state index contributed by atoms with van der Waals surface area (Å²) >= 11 is 0. The number of carboxylic acid groups (broad SMARTS) is 1. The van der Waals surface area contributed by atoms with Crippen molar-refractivity contribution in [3.8, 4) is 11.8 Å². The number of aryl methyl sites for hydroxylation is 3. The highest BCUT2D eigenvalue weighted by atomic mass is 19.3. The minimum Gasteiger partial charge on any atom is -0.481 e. The molecular formula is C39H49F2N7O5. The van der Waals surface area contributed by atoms with E-state index < -0.39 is 35.2 Å². The van der Waals surface area contributed by atoms with Crippen LogP contribution in [0.3, 0.4) is 0 Å². The van der Waals surface area contributed by atoms with Crippen LogP contribution in [-0.4, -0.2) is 97.0 Å². The Morgan fingerprint density at radius 3 is 2.55 bits per heavy atom. The number of hydrogen-bond donors (Lipinski definition) is 1. The SMILES string of the molecule is Cc1cnc([C@@H](c2ccn3c(C(F)F)nnc3c2C)C(C)(C)C(=O)O)cc1CN1Cc2cc(C)c(OCCN3CCCC3)nc2OC2(CCOCC2)C1. The molecule has 1 atom stereocenters. The summed E-state index contributed by atoms with van der Waals surface area (Å²) in [5.41, 5.74) is 4.12. The topological polar surface area (TPSA) is 127 Å². The molecule has 7 heterocycles. The van der Waals surface area contributed by atoms with Crippen LogP contribution in [0, 0.1) is 26.2 Å². The Balaban J connectivity index is 1.21. The van der Waals surface area contributed by atoms with E-state index in [4.69, 9.17) is 24.2 Å². The predicted molar refractivity (Wildman–Crippen MR) is 193 cm³/mol. The summed E-state index contributed by atoms with van der Waals surface area (Å²) in [6.07, 6.45) is 4.38. The summed E-state index contributed by atoms with van der Waals surface area (Å²) in [6, 6.07) is 5.80. The highest BCUT2D eigenvalue weighted by molar-refractivity contribution is 5.76. The van der Waals surface area contributed by atoms with Crippen LogP contribution in [0.5, 0.6) is 11.8 Å². The van der Waals surface area contributed by atoms with E-state index in [1.54, 1.807) is 33.0 Å². The number of rotatable bonds is 11. The van der Waals surface area contributed by atoms with Crippen LogP contribution >= 0.6 is 0 Å². The molecule has 4 aromatic rings. The maximum absolute atomic E-state index is 13.7. The maximum atomic E-state index is 13.7. The van der Waals surface area contributed by atoms with Gasteiger partial charge in [0.1, 0.15) is 12.2 Å². The largest absolute Gasteiger partial charge is 0.481 e. The fourth-order valence-corrected chi connectivity index (χ4v) is 8.09. The molecule has 0 unspecified atom stereocenters. The number of carbonyl (C=O) groups is 1. The highest BCUT2D eigenvalue weighted by Crippen LogP contribution is 2.43. The number of fused-ring (bicyclic) bond motifs is 2. The minimum absolute atomic E-state index is 0.255. The lowest BCUT2D eigenvalue weighted by molar-refractivity contribution is -0.147. The van der Waals surface area contributed by atoms with Crippen molar-refractivity contribution in [2.45, 2.75) is 91.3 Å². The van der Waals surface area contributed by atoms with Gasteiger partial charge in [0.15, 0.2) is 5.65 Å². The molecule has 0 saturated carbocycles. The van der Waals surface area contributed by atoms with Gasteiger partial charge in [0, 0.05) is 74.2 Å². The van der Waals surface area contributed by atoms with E-state index >= 15 is 0 Å². The van der Waals surface area contributed by atoms with Crippen molar-refractivity contribution in [3.05, 3.63) is 75.5 Å². The molecule has 53 heavy (non-hydrogen) atoms. The molecule has 14 heteroatoms. The van der Waals surface area contributed by atoms with Crippen LogP contribution in [0.1, 0.15) is 96.8 Å². The van der Waals surface area contributed by atoms with Gasteiger partial charge in [0.05, 0.1) is 18.6 Å². The minimum atomic E-state index is -2.81. The van der Waals surface area contributed by atoms with E-state index in [1.807, 2.05) is 19.9 Å². The molecule has 0 amide bonds. The standard InChI is InChI=1S/C39H49F2N7O5/c1-24-18-28-22-47(23-39(9-15-51-16-10-39)53-36(28)43-35(24)52-17-14-46-11-6-7-12-46)21-27-19-30(42-20-25(27)2)31(38(4,5)37(49)50)29-8-13-48-33(26(29)3)44-45-34(48)32(40)41/h8,13,18-20,31-32H,6-7,9-12,14-17,21-23H2,1-5H3,(H,49,50)/t31-/m1/s1. The Morgan fingerprint density at radius 2 is 1.83 bits per heavy atom. The summed E-state index contributed by atoms with van der Waals surface area (Å²) < 4.78 is 47.4. The molecule has 1 N–H and O–H groups in total. The summed E-state index contributed by atoms with van der Waals surface area (Å²) in [7, 11) is 0. The molecule has 2 fully saturated rings. The molecule has 1 spiro atoms. The van der Waals surface area contributed by atoms with Crippen LogP contribution in [0.25, 0.3) is 5.65 Å². The van der Waals surface area contributed by atoms with Crippen LogP contribution in [0.15, 0.2) is 30.6 Å². The van der Waals surface area contributed by atoms with Crippen molar-refractivity contribution in [1.29, 1.82) is 0 Å². The van der Waals surface area contributed by atoms with Gasteiger partial charge in [-0.05, 0) is 101 Å². The number of halogens is 2. The Bertz CT molecular complexity index is 1970. The van der Waals surface area contributed by atoms with Gasteiger partial charge in [-0.15, -0.1) is 10.2 Å². The van der Waals surface area contributed by atoms with E-state index in [1.165, 1.54) is 23.4 Å². The van der Waals surface area contributed by atoms with Crippen molar-refractivity contribution in [2.24, 2.45) is 5.41 Å². The first-order valence-electron chi connectivity index (χ1n) is 18.5. The lowest BCUT2D eigenvalue weighted by atomic mass is 9.71. The Labute approximate surface area is 308 Å². The molecular weight excluding hydrogens is 684 g/mol. The second kappa shape index (κ2) is 14.9. The van der Waals surface area contributed by atoms with Gasteiger partial charge in [0.25, 0.3) is 6.43 Å². The number of alkyl halides is 2. The fraction of sp³-hybridized carbons (Fsp3) is 0.564. The van der Waals surface area contributed by atoms with E-state index in [-0.39, 0.29) is 5.65 Å². The molecule has 2 saturated heterocycles. The number of pyridine rings is 3. The molecule has 3 aliphatic rings. The molecule has 12 nitrogen and oxygen atoms in total. The van der Waals surface area contributed by atoms with Gasteiger partial charge in [-0.3, -0.25) is 24.0 Å². The van der Waals surface area contributed by atoms with Crippen molar-refractivity contribution in [2.75, 3.05) is 46.0 Å². The molecule has 284 valence electrons. The number of hydrogen-bond acceptors (Lipinski definition) is 10. The number of nitrogens with zero attached hydrogens (tertiary/aromatic N) is 7. The number of aromatic nitrogens is 5. The van der Waals surface area contributed by atoms with Gasteiger partial charge in [-0.25, -0.2) is 8.78 Å². The zero-order valence-electron chi connectivity index (χ0n) is 31.2. The van der Waals surface area contributed by atoms with Gasteiger partial charge in [-0.2, -0.15) is 4.98 Å². The third-order valence-corrected chi connectivity index (χ3v) is 11.3. The van der Waals surface area contributed by atoms with Crippen molar-refractivity contribution < 1.29 is 32.9 Å². The van der Waals surface area contributed by atoms with Gasteiger partial charge in [0.2, 0.25) is 17.6 Å². The van der Waals surface area contributed by atoms with Gasteiger partial charge < -0.3 is 19.3 Å². The maximum Gasteiger partial charge on any atom is 0.310 e. The Kier molecular flexibility index (Phi) is 10.4. The number of aliphatic carboxylic acids is 1. The molecule has 7 rings (SSSR count).